The van der Waals surface area contributed by atoms with Crippen molar-refractivity contribution in [3.05, 3.63) is 29.8 Å². The smallest absolute Gasteiger partial charge is 0.0806 e. The van der Waals surface area contributed by atoms with E-state index < -0.39 is 0 Å². The summed E-state index contributed by atoms with van der Waals surface area (Å²) in [6, 6.07) is 8.29. The molecule has 1 heterocycles. The Morgan fingerprint density at radius 2 is 1.92 bits per heavy atom. The molecule has 1 aromatic rings. The summed E-state index contributed by atoms with van der Waals surface area (Å²) >= 11 is 0. The quantitative estimate of drug-likeness (QED) is 0.637. The molecule has 0 aromatic heterocycles. The molecule has 1 aliphatic rings. The number of benzene rings is 1. The van der Waals surface area contributed by atoms with E-state index in [1.54, 1.807) is 0 Å². The van der Waals surface area contributed by atoms with Gasteiger partial charge in [-0.15, -0.1) is 0 Å². The number of para-hydroxylation sites is 1. The summed E-state index contributed by atoms with van der Waals surface area (Å²) < 4.78 is 0. The third-order valence-corrected chi connectivity index (χ3v) is 2.83. The first kappa shape index (κ1) is 8.45. The Kier molecular flexibility index (Phi) is 1.74. The molecular weight excluding hydrogens is 160 g/mol. The van der Waals surface area contributed by atoms with Crippen molar-refractivity contribution in [2.45, 2.75) is 12.5 Å². The van der Waals surface area contributed by atoms with Crippen LogP contribution in [-0.4, -0.2) is 25.2 Å². The SMILES string of the molecule is CN(C)C1(C)C=Nc2ccccc21. The summed E-state index contributed by atoms with van der Waals surface area (Å²) in [4.78, 5) is 6.59. The third kappa shape index (κ3) is 1.10. The molecule has 0 saturated heterocycles. The number of fused-ring (bicyclic) bond motifs is 1. The van der Waals surface area contributed by atoms with Crippen LogP contribution >= 0.6 is 0 Å². The molecule has 0 saturated carbocycles. The molecular formula is C11H14N2. The summed E-state index contributed by atoms with van der Waals surface area (Å²) in [7, 11) is 4.16. The van der Waals surface area contributed by atoms with Gasteiger partial charge < -0.3 is 0 Å². The molecule has 0 amide bonds. The van der Waals surface area contributed by atoms with Gasteiger partial charge in [0.1, 0.15) is 0 Å². The van der Waals surface area contributed by atoms with Crippen LogP contribution in [0.2, 0.25) is 0 Å². The van der Waals surface area contributed by atoms with Gasteiger partial charge in [0.2, 0.25) is 0 Å². The van der Waals surface area contributed by atoms with E-state index in [0.717, 1.165) is 5.69 Å². The van der Waals surface area contributed by atoms with E-state index in [4.69, 9.17) is 0 Å². The number of hydrogen-bond acceptors (Lipinski definition) is 2. The van der Waals surface area contributed by atoms with Crippen LogP contribution in [0.25, 0.3) is 0 Å². The van der Waals surface area contributed by atoms with Crippen molar-refractivity contribution in [1.82, 2.24) is 4.90 Å². The van der Waals surface area contributed by atoms with Crippen molar-refractivity contribution >= 4 is 11.9 Å². The Bertz CT molecular complexity index is 355. The van der Waals surface area contributed by atoms with E-state index in [1.807, 2.05) is 12.3 Å². The number of hydrogen-bond donors (Lipinski definition) is 0. The fourth-order valence-electron chi connectivity index (χ4n) is 1.64. The molecule has 2 heteroatoms. The molecule has 0 N–H and O–H groups in total. The number of nitrogens with zero attached hydrogens (tertiary/aromatic N) is 2. The van der Waals surface area contributed by atoms with E-state index in [-0.39, 0.29) is 5.54 Å². The molecule has 68 valence electrons. The van der Waals surface area contributed by atoms with Crippen LogP contribution in [0.15, 0.2) is 29.3 Å². The van der Waals surface area contributed by atoms with Crippen LogP contribution in [-0.2, 0) is 5.54 Å². The van der Waals surface area contributed by atoms with Gasteiger partial charge in [0.05, 0.1) is 11.2 Å². The lowest BCUT2D eigenvalue weighted by atomic mass is 9.93. The van der Waals surface area contributed by atoms with Crippen LogP contribution in [0.3, 0.4) is 0 Å². The predicted octanol–water partition coefficient (Wildman–Crippen LogP) is 2.18. The zero-order valence-electron chi connectivity index (χ0n) is 8.28. The molecule has 0 fully saturated rings. The van der Waals surface area contributed by atoms with Crippen molar-refractivity contribution in [1.29, 1.82) is 0 Å². The van der Waals surface area contributed by atoms with E-state index in [9.17, 15) is 0 Å². The lowest BCUT2D eigenvalue weighted by molar-refractivity contribution is 0.265. The van der Waals surface area contributed by atoms with E-state index in [1.165, 1.54) is 5.56 Å². The normalized spacial score (nSPS) is 25.2. The van der Waals surface area contributed by atoms with Gasteiger partial charge in [0.25, 0.3) is 0 Å². The Labute approximate surface area is 78.9 Å². The van der Waals surface area contributed by atoms with Crippen LogP contribution < -0.4 is 0 Å². The fourth-order valence-corrected chi connectivity index (χ4v) is 1.64. The van der Waals surface area contributed by atoms with Crippen LogP contribution in [0.5, 0.6) is 0 Å². The second-order valence-corrected chi connectivity index (χ2v) is 3.82. The molecule has 1 unspecified atom stereocenters. The summed E-state index contributed by atoms with van der Waals surface area (Å²) in [5, 5.41) is 0. The van der Waals surface area contributed by atoms with Crippen LogP contribution in [0.4, 0.5) is 5.69 Å². The summed E-state index contributed by atoms with van der Waals surface area (Å²) in [5.74, 6) is 0. The summed E-state index contributed by atoms with van der Waals surface area (Å²) in [5.41, 5.74) is 2.36. The second kappa shape index (κ2) is 2.67. The molecule has 1 atom stereocenters. The summed E-state index contributed by atoms with van der Waals surface area (Å²) in [6.07, 6.45) is 2.01. The maximum absolute atomic E-state index is 4.41. The number of aliphatic imine (C=N–C) groups is 1. The Hall–Kier alpha value is -1.15. The highest BCUT2D eigenvalue weighted by atomic mass is 15.2. The standard InChI is InChI=1S/C11H14N2/c1-11(13(2)3)8-12-10-7-5-4-6-9(10)11/h4-8H,1-3H3. The van der Waals surface area contributed by atoms with Gasteiger partial charge in [0.15, 0.2) is 0 Å². The molecule has 2 nitrogen and oxygen atoms in total. The van der Waals surface area contributed by atoms with Crippen molar-refractivity contribution in [2.75, 3.05) is 14.1 Å². The minimum absolute atomic E-state index is 0.0312. The van der Waals surface area contributed by atoms with Gasteiger partial charge in [0, 0.05) is 11.8 Å². The van der Waals surface area contributed by atoms with E-state index in [2.05, 4.69) is 49.1 Å². The highest BCUT2D eigenvalue weighted by Gasteiger charge is 2.32. The van der Waals surface area contributed by atoms with Gasteiger partial charge in [-0.3, -0.25) is 9.89 Å². The largest absolute Gasteiger partial charge is 0.295 e. The molecule has 0 bridgehead atoms. The first-order valence-electron chi connectivity index (χ1n) is 4.47. The van der Waals surface area contributed by atoms with Gasteiger partial charge >= 0.3 is 0 Å². The monoisotopic (exact) mass is 174 g/mol. The van der Waals surface area contributed by atoms with Crippen molar-refractivity contribution < 1.29 is 0 Å². The number of rotatable bonds is 1. The van der Waals surface area contributed by atoms with Crippen molar-refractivity contribution in [3.63, 3.8) is 0 Å². The second-order valence-electron chi connectivity index (χ2n) is 3.82. The Morgan fingerprint density at radius 1 is 1.23 bits per heavy atom. The lowest BCUT2D eigenvalue weighted by Gasteiger charge is -2.30. The summed E-state index contributed by atoms with van der Waals surface area (Å²) in [6.45, 7) is 2.18. The minimum atomic E-state index is -0.0312. The Morgan fingerprint density at radius 3 is 2.62 bits per heavy atom. The van der Waals surface area contributed by atoms with Gasteiger partial charge in [-0.1, -0.05) is 18.2 Å². The maximum Gasteiger partial charge on any atom is 0.0806 e. The van der Waals surface area contributed by atoms with Gasteiger partial charge in [-0.25, -0.2) is 0 Å². The van der Waals surface area contributed by atoms with Crippen LogP contribution in [0.1, 0.15) is 12.5 Å². The van der Waals surface area contributed by atoms with E-state index in [0.29, 0.717) is 0 Å². The maximum atomic E-state index is 4.41. The zero-order chi connectivity index (χ0) is 9.47. The fraction of sp³-hybridized carbons (Fsp3) is 0.364. The molecule has 0 spiro atoms. The molecule has 2 rings (SSSR count). The average Bonchev–Trinajstić information content (AvgIpc) is 2.47. The lowest BCUT2D eigenvalue weighted by Crippen LogP contribution is -2.38. The van der Waals surface area contributed by atoms with Crippen molar-refractivity contribution in [3.8, 4) is 0 Å². The van der Waals surface area contributed by atoms with Gasteiger partial charge in [-0.2, -0.15) is 0 Å². The predicted molar refractivity (Wildman–Crippen MR) is 55.6 cm³/mol. The topological polar surface area (TPSA) is 15.6 Å². The zero-order valence-corrected chi connectivity index (χ0v) is 8.28. The first-order chi connectivity index (χ1) is 6.14. The molecule has 13 heavy (non-hydrogen) atoms. The average molecular weight is 174 g/mol. The van der Waals surface area contributed by atoms with E-state index >= 15 is 0 Å². The minimum Gasteiger partial charge on any atom is -0.295 e. The van der Waals surface area contributed by atoms with Gasteiger partial charge in [-0.05, 0) is 27.1 Å². The first-order valence-corrected chi connectivity index (χ1v) is 4.47. The molecule has 0 aliphatic carbocycles. The molecule has 0 radical (unpaired) electrons. The molecule has 1 aromatic carbocycles. The van der Waals surface area contributed by atoms with Crippen molar-refractivity contribution in [2.24, 2.45) is 4.99 Å². The highest BCUT2D eigenvalue weighted by Crippen LogP contribution is 2.37. The third-order valence-electron chi connectivity index (χ3n) is 2.83. The highest BCUT2D eigenvalue weighted by molar-refractivity contribution is 5.84. The van der Waals surface area contributed by atoms with Crippen LogP contribution in [0, 0.1) is 0 Å². The molecule has 1 aliphatic heterocycles. The Balaban J connectivity index is 2.55.